The first-order valence-electron chi connectivity index (χ1n) is 6.18. The summed E-state index contributed by atoms with van der Waals surface area (Å²) < 4.78 is 0. The van der Waals surface area contributed by atoms with Crippen LogP contribution in [-0.4, -0.2) is 35.6 Å². The van der Waals surface area contributed by atoms with Gasteiger partial charge in [0.2, 0.25) is 0 Å². The molecule has 2 aliphatic carbocycles. The lowest BCUT2D eigenvalue weighted by Gasteiger charge is -2.21. The maximum Gasteiger partial charge on any atom is 0.303 e. The summed E-state index contributed by atoms with van der Waals surface area (Å²) in [5.74, 6) is 1.19. The van der Waals surface area contributed by atoms with Crippen LogP contribution in [0.25, 0.3) is 0 Å². The second-order valence-corrected chi connectivity index (χ2v) is 5.14. The topological polar surface area (TPSA) is 40.5 Å². The first-order chi connectivity index (χ1) is 7.24. The van der Waals surface area contributed by atoms with Gasteiger partial charge in [0.15, 0.2) is 0 Å². The van der Waals surface area contributed by atoms with Crippen molar-refractivity contribution in [2.75, 3.05) is 19.6 Å². The van der Waals surface area contributed by atoms with Gasteiger partial charge < -0.3 is 10.0 Å². The van der Waals surface area contributed by atoms with Gasteiger partial charge >= 0.3 is 5.97 Å². The number of nitrogens with zero attached hydrogens (tertiary/aromatic N) is 1. The molecule has 2 aliphatic rings. The Morgan fingerprint density at radius 2 is 1.67 bits per heavy atom. The molecular weight excluding hydrogens is 190 g/mol. The predicted molar refractivity (Wildman–Crippen MR) is 58.8 cm³/mol. The lowest BCUT2D eigenvalue weighted by atomic mass is 10.2. The molecule has 0 aromatic rings. The summed E-state index contributed by atoms with van der Waals surface area (Å²) >= 11 is 0. The Kier molecular flexibility index (Phi) is 3.62. The van der Waals surface area contributed by atoms with E-state index >= 15 is 0 Å². The van der Waals surface area contributed by atoms with Crippen molar-refractivity contribution in [2.24, 2.45) is 11.8 Å². The zero-order valence-corrected chi connectivity index (χ0v) is 9.32. The van der Waals surface area contributed by atoms with Gasteiger partial charge in [0.25, 0.3) is 0 Å². The highest BCUT2D eigenvalue weighted by molar-refractivity contribution is 5.66. The van der Waals surface area contributed by atoms with Gasteiger partial charge in [0.05, 0.1) is 0 Å². The van der Waals surface area contributed by atoms with Crippen LogP contribution in [0.4, 0.5) is 0 Å². The quantitative estimate of drug-likeness (QED) is 0.667. The molecule has 0 aromatic carbocycles. The summed E-state index contributed by atoms with van der Waals surface area (Å²) in [6, 6.07) is 0. The molecule has 0 aliphatic heterocycles. The van der Waals surface area contributed by atoms with Crippen molar-refractivity contribution < 1.29 is 9.90 Å². The normalized spacial score (nSPS) is 20.9. The van der Waals surface area contributed by atoms with Crippen LogP contribution < -0.4 is 0 Å². The van der Waals surface area contributed by atoms with E-state index in [1.165, 1.54) is 38.8 Å². The smallest absolute Gasteiger partial charge is 0.303 e. The highest BCUT2D eigenvalue weighted by Crippen LogP contribution is 2.33. The van der Waals surface area contributed by atoms with E-state index in [0.29, 0.717) is 6.42 Å². The molecule has 0 aromatic heterocycles. The van der Waals surface area contributed by atoms with E-state index in [9.17, 15) is 4.79 Å². The van der Waals surface area contributed by atoms with Crippen LogP contribution in [0.1, 0.15) is 38.5 Å². The minimum absolute atomic E-state index is 0.325. The monoisotopic (exact) mass is 211 g/mol. The summed E-state index contributed by atoms with van der Waals surface area (Å²) in [7, 11) is 0. The fourth-order valence-electron chi connectivity index (χ4n) is 2.04. The SMILES string of the molecule is O=C(O)CCCN(CC1CC1)CC1CC1. The van der Waals surface area contributed by atoms with Gasteiger partial charge in [-0.2, -0.15) is 0 Å². The van der Waals surface area contributed by atoms with Crippen LogP contribution in [0.5, 0.6) is 0 Å². The molecule has 1 N–H and O–H groups in total. The van der Waals surface area contributed by atoms with Gasteiger partial charge in [0.1, 0.15) is 0 Å². The van der Waals surface area contributed by atoms with E-state index in [2.05, 4.69) is 4.90 Å². The molecular formula is C12H21NO2. The molecule has 15 heavy (non-hydrogen) atoms. The van der Waals surface area contributed by atoms with Crippen LogP contribution >= 0.6 is 0 Å². The van der Waals surface area contributed by atoms with Crippen LogP contribution in [0.3, 0.4) is 0 Å². The van der Waals surface area contributed by atoms with E-state index in [1.807, 2.05) is 0 Å². The average molecular weight is 211 g/mol. The molecule has 3 heteroatoms. The van der Waals surface area contributed by atoms with Crippen LogP contribution in [-0.2, 0) is 4.79 Å². The summed E-state index contributed by atoms with van der Waals surface area (Å²) in [6.07, 6.45) is 6.70. The number of aliphatic carboxylic acids is 1. The van der Waals surface area contributed by atoms with E-state index in [4.69, 9.17) is 5.11 Å². The molecule has 3 nitrogen and oxygen atoms in total. The Hall–Kier alpha value is -0.570. The Morgan fingerprint density at radius 3 is 2.07 bits per heavy atom. The number of carbonyl (C=O) groups is 1. The Labute approximate surface area is 91.5 Å². The maximum atomic E-state index is 10.4. The molecule has 0 bridgehead atoms. The van der Waals surface area contributed by atoms with Crippen molar-refractivity contribution in [1.82, 2.24) is 4.90 Å². The summed E-state index contributed by atoms with van der Waals surface area (Å²) in [4.78, 5) is 12.9. The molecule has 2 fully saturated rings. The minimum atomic E-state index is -0.659. The van der Waals surface area contributed by atoms with Crippen molar-refractivity contribution in [3.63, 3.8) is 0 Å². The van der Waals surface area contributed by atoms with Gasteiger partial charge in [-0.3, -0.25) is 4.79 Å². The zero-order valence-electron chi connectivity index (χ0n) is 9.32. The van der Waals surface area contributed by atoms with Crippen molar-refractivity contribution in [2.45, 2.75) is 38.5 Å². The second kappa shape index (κ2) is 4.97. The number of rotatable bonds is 8. The molecule has 0 heterocycles. The third kappa shape index (κ3) is 4.65. The van der Waals surface area contributed by atoms with Crippen LogP contribution in [0.15, 0.2) is 0 Å². The van der Waals surface area contributed by atoms with Gasteiger partial charge in [-0.15, -0.1) is 0 Å². The van der Waals surface area contributed by atoms with Crippen LogP contribution in [0, 0.1) is 11.8 Å². The molecule has 0 unspecified atom stereocenters. The van der Waals surface area contributed by atoms with Gasteiger partial charge in [-0.25, -0.2) is 0 Å². The summed E-state index contributed by atoms with van der Waals surface area (Å²) in [6.45, 7) is 3.42. The third-order valence-electron chi connectivity index (χ3n) is 3.29. The molecule has 0 atom stereocenters. The Balaban J connectivity index is 1.63. The second-order valence-electron chi connectivity index (χ2n) is 5.14. The average Bonchev–Trinajstić information content (AvgIpc) is 2.97. The summed E-state index contributed by atoms with van der Waals surface area (Å²) in [5.41, 5.74) is 0. The van der Waals surface area contributed by atoms with E-state index in [1.54, 1.807) is 0 Å². The number of carboxylic acids is 1. The lowest BCUT2D eigenvalue weighted by Crippen LogP contribution is -2.29. The predicted octanol–water partition coefficient (Wildman–Crippen LogP) is 1.97. The minimum Gasteiger partial charge on any atom is -0.481 e. The molecule has 2 rings (SSSR count). The Morgan fingerprint density at radius 1 is 1.13 bits per heavy atom. The maximum absolute atomic E-state index is 10.4. The van der Waals surface area contributed by atoms with Crippen molar-refractivity contribution in [1.29, 1.82) is 0 Å². The first kappa shape index (κ1) is 10.9. The van der Waals surface area contributed by atoms with Gasteiger partial charge in [-0.05, 0) is 50.5 Å². The van der Waals surface area contributed by atoms with Gasteiger partial charge in [0, 0.05) is 19.5 Å². The number of hydrogen-bond donors (Lipinski definition) is 1. The zero-order chi connectivity index (χ0) is 10.7. The third-order valence-corrected chi connectivity index (χ3v) is 3.29. The molecule has 86 valence electrons. The fourth-order valence-corrected chi connectivity index (χ4v) is 2.04. The highest BCUT2D eigenvalue weighted by Gasteiger charge is 2.28. The largest absolute Gasteiger partial charge is 0.481 e. The molecule has 2 saturated carbocycles. The van der Waals surface area contributed by atoms with E-state index in [-0.39, 0.29) is 0 Å². The lowest BCUT2D eigenvalue weighted by molar-refractivity contribution is -0.137. The number of carboxylic acid groups (broad SMARTS) is 1. The van der Waals surface area contributed by atoms with E-state index in [0.717, 1.165) is 24.8 Å². The first-order valence-corrected chi connectivity index (χ1v) is 6.18. The van der Waals surface area contributed by atoms with E-state index < -0.39 is 5.97 Å². The summed E-state index contributed by atoms with van der Waals surface area (Å²) in [5, 5.41) is 8.60. The molecule has 0 spiro atoms. The van der Waals surface area contributed by atoms with Crippen LogP contribution in [0.2, 0.25) is 0 Å². The molecule has 0 radical (unpaired) electrons. The van der Waals surface area contributed by atoms with Crippen molar-refractivity contribution in [3.8, 4) is 0 Å². The number of hydrogen-bond acceptors (Lipinski definition) is 2. The van der Waals surface area contributed by atoms with Crippen molar-refractivity contribution in [3.05, 3.63) is 0 Å². The fraction of sp³-hybridized carbons (Fsp3) is 0.917. The Bertz CT molecular complexity index is 208. The standard InChI is InChI=1S/C12H21NO2/c14-12(15)2-1-7-13(8-10-3-4-10)9-11-5-6-11/h10-11H,1-9H2,(H,14,15). The molecule has 0 saturated heterocycles. The van der Waals surface area contributed by atoms with Crippen molar-refractivity contribution >= 4 is 5.97 Å². The molecule has 0 amide bonds. The van der Waals surface area contributed by atoms with Gasteiger partial charge in [-0.1, -0.05) is 0 Å². The highest BCUT2D eigenvalue weighted by atomic mass is 16.4.